The van der Waals surface area contributed by atoms with Crippen LogP contribution in [0.5, 0.6) is 5.75 Å². The Hall–Kier alpha value is -2.93. The number of benzene rings is 2. The molecule has 0 aromatic heterocycles. The van der Waals surface area contributed by atoms with Crippen LogP contribution in [0.2, 0.25) is 0 Å². The van der Waals surface area contributed by atoms with E-state index in [1.54, 1.807) is 4.90 Å². The summed E-state index contributed by atoms with van der Waals surface area (Å²) in [7, 11) is 1.84. The average molecular weight is 416 g/mol. The van der Waals surface area contributed by atoms with E-state index >= 15 is 0 Å². The Morgan fingerprint density at radius 2 is 1.63 bits per heavy atom. The number of hydrogen-bond donors (Lipinski definition) is 1. The van der Waals surface area contributed by atoms with Gasteiger partial charge in [-0.05, 0) is 64.2 Å². The highest BCUT2D eigenvalue weighted by molar-refractivity contribution is 5.95. The number of hydrogen-bond acceptors (Lipinski definition) is 4. The number of nitrogens with zero attached hydrogens (tertiary/aromatic N) is 2. The number of halogens is 1. The second-order valence-corrected chi connectivity index (χ2v) is 8.11. The van der Waals surface area contributed by atoms with Gasteiger partial charge in [-0.1, -0.05) is 18.2 Å². The van der Waals surface area contributed by atoms with Gasteiger partial charge >= 0.3 is 0 Å². The molecule has 30 heavy (non-hydrogen) atoms. The van der Waals surface area contributed by atoms with Crippen molar-refractivity contribution in [2.45, 2.75) is 26.3 Å². The summed E-state index contributed by atoms with van der Waals surface area (Å²) in [5.74, 6) is -0.0799. The minimum Gasteiger partial charge on any atom is -0.492 e. The van der Waals surface area contributed by atoms with Gasteiger partial charge in [0, 0.05) is 17.8 Å². The van der Waals surface area contributed by atoms with Crippen LogP contribution in [0, 0.1) is 5.82 Å². The smallest absolute Gasteiger partial charge is 0.244 e. The van der Waals surface area contributed by atoms with Crippen LogP contribution >= 0.6 is 0 Å². The summed E-state index contributed by atoms with van der Waals surface area (Å²) in [6.45, 7) is 6.75. The number of anilines is 1. The number of rotatable bonds is 9. The topological polar surface area (TPSA) is 61.9 Å². The fourth-order valence-corrected chi connectivity index (χ4v) is 2.81. The van der Waals surface area contributed by atoms with E-state index in [2.05, 4.69) is 5.32 Å². The Labute approximate surface area is 177 Å². The molecule has 0 radical (unpaired) electrons. The third-order valence-electron chi connectivity index (χ3n) is 4.43. The van der Waals surface area contributed by atoms with Gasteiger partial charge in [0.15, 0.2) is 0 Å². The van der Waals surface area contributed by atoms with E-state index < -0.39 is 5.54 Å². The van der Waals surface area contributed by atoms with Gasteiger partial charge in [0.05, 0.1) is 6.54 Å². The van der Waals surface area contributed by atoms with Crippen LogP contribution in [0.4, 0.5) is 10.1 Å². The van der Waals surface area contributed by atoms with Crippen molar-refractivity contribution in [3.63, 3.8) is 0 Å². The van der Waals surface area contributed by atoms with Gasteiger partial charge in [-0.2, -0.15) is 0 Å². The van der Waals surface area contributed by atoms with Crippen molar-refractivity contribution in [2.24, 2.45) is 0 Å². The highest BCUT2D eigenvalue weighted by atomic mass is 19.1. The quantitative estimate of drug-likeness (QED) is 0.682. The molecule has 2 rings (SSSR count). The van der Waals surface area contributed by atoms with Crippen molar-refractivity contribution in [2.75, 3.05) is 38.6 Å². The van der Waals surface area contributed by atoms with E-state index in [1.165, 1.54) is 24.3 Å². The molecule has 162 valence electrons. The summed E-state index contributed by atoms with van der Waals surface area (Å²) in [5, 5.41) is 2.70. The van der Waals surface area contributed by atoms with Gasteiger partial charge in [0.2, 0.25) is 11.8 Å². The predicted molar refractivity (Wildman–Crippen MR) is 116 cm³/mol. The number of para-hydroxylation sites is 1. The Balaban J connectivity index is 1.87. The Morgan fingerprint density at radius 3 is 2.23 bits per heavy atom. The first-order valence-corrected chi connectivity index (χ1v) is 9.87. The minimum absolute atomic E-state index is 0.0892. The zero-order chi connectivity index (χ0) is 22.1. The van der Waals surface area contributed by atoms with Gasteiger partial charge < -0.3 is 15.0 Å². The molecule has 7 heteroatoms. The second-order valence-electron chi connectivity index (χ2n) is 8.11. The molecular weight excluding hydrogens is 385 g/mol. The van der Waals surface area contributed by atoms with Gasteiger partial charge in [-0.25, -0.2) is 4.39 Å². The molecule has 0 spiro atoms. The summed E-state index contributed by atoms with van der Waals surface area (Å²) < 4.78 is 18.7. The van der Waals surface area contributed by atoms with E-state index in [9.17, 15) is 14.0 Å². The fraction of sp³-hybridized carbons (Fsp3) is 0.391. The third kappa shape index (κ3) is 7.83. The zero-order valence-corrected chi connectivity index (χ0v) is 18.0. The lowest BCUT2D eigenvalue weighted by Crippen LogP contribution is -2.52. The number of likely N-dealkylation sites (N-methyl/N-ethyl adjacent to an activating group) is 1. The van der Waals surface area contributed by atoms with E-state index in [0.29, 0.717) is 18.8 Å². The maximum Gasteiger partial charge on any atom is 0.244 e. The van der Waals surface area contributed by atoms with E-state index in [4.69, 9.17) is 4.74 Å². The maximum absolute atomic E-state index is 13.0. The SMILES string of the molecule is CN(CCOc1ccccc1)CC(=O)N(CC(=O)Nc1ccc(F)cc1)C(C)(C)C. The fourth-order valence-electron chi connectivity index (χ4n) is 2.81. The van der Waals surface area contributed by atoms with Crippen LogP contribution in [-0.2, 0) is 9.59 Å². The molecule has 0 heterocycles. The molecule has 2 aromatic rings. The Morgan fingerprint density at radius 1 is 1.00 bits per heavy atom. The molecule has 0 saturated carbocycles. The maximum atomic E-state index is 13.0. The monoisotopic (exact) mass is 415 g/mol. The van der Waals surface area contributed by atoms with Crippen molar-refractivity contribution in [1.29, 1.82) is 0 Å². The number of nitrogens with one attached hydrogen (secondary N) is 1. The van der Waals surface area contributed by atoms with Gasteiger partial charge in [-0.3, -0.25) is 14.5 Å². The summed E-state index contributed by atoms with van der Waals surface area (Å²) >= 11 is 0. The highest BCUT2D eigenvalue weighted by Gasteiger charge is 2.29. The first-order valence-electron chi connectivity index (χ1n) is 9.87. The molecule has 6 nitrogen and oxygen atoms in total. The Kier molecular flexibility index (Phi) is 8.35. The average Bonchev–Trinajstić information content (AvgIpc) is 2.68. The third-order valence-corrected chi connectivity index (χ3v) is 4.43. The standard InChI is InChI=1S/C23H30FN3O3/c1-23(2,3)27(16-21(28)25-19-12-10-18(24)11-13-19)22(29)17-26(4)14-15-30-20-8-6-5-7-9-20/h5-13H,14-17H2,1-4H3,(H,25,28). The van der Waals surface area contributed by atoms with Crippen LogP contribution in [0.15, 0.2) is 54.6 Å². The van der Waals surface area contributed by atoms with Crippen LogP contribution < -0.4 is 10.1 Å². The van der Waals surface area contributed by atoms with Crippen LogP contribution in [0.3, 0.4) is 0 Å². The second kappa shape index (κ2) is 10.7. The predicted octanol–water partition coefficient (Wildman–Crippen LogP) is 3.40. The van der Waals surface area contributed by atoms with E-state index in [-0.39, 0.29) is 30.7 Å². The van der Waals surface area contributed by atoms with Crippen LogP contribution in [0.1, 0.15) is 20.8 Å². The largest absolute Gasteiger partial charge is 0.492 e. The molecule has 0 atom stereocenters. The molecule has 0 fully saturated rings. The van der Waals surface area contributed by atoms with Gasteiger partial charge in [-0.15, -0.1) is 0 Å². The molecule has 0 aliphatic rings. The number of carbonyl (C=O) groups excluding carboxylic acids is 2. The van der Waals surface area contributed by atoms with Crippen LogP contribution in [-0.4, -0.2) is 60.4 Å². The number of amides is 2. The van der Waals surface area contributed by atoms with E-state index in [0.717, 1.165) is 5.75 Å². The lowest BCUT2D eigenvalue weighted by atomic mass is 10.1. The van der Waals surface area contributed by atoms with Crippen molar-refractivity contribution in [1.82, 2.24) is 9.80 Å². The molecule has 1 N–H and O–H groups in total. The first-order chi connectivity index (χ1) is 14.1. The van der Waals surface area contributed by atoms with E-state index in [1.807, 2.05) is 63.1 Å². The number of carbonyl (C=O) groups is 2. The molecule has 0 saturated heterocycles. The lowest BCUT2D eigenvalue weighted by Gasteiger charge is -2.36. The summed E-state index contributed by atoms with van der Waals surface area (Å²) in [6.07, 6.45) is 0. The summed E-state index contributed by atoms with van der Waals surface area (Å²) in [6, 6.07) is 15.0. The van der Waals surface area contributed by atoms with Crippen molar-refractivity contribution < 1.29 is 18.7 Å². The molecule has 0 aliphatic carbocycles. The molecule has 2 amide bonds. The highest BCUT2D eigenvalue weighted by Crippen LogP contribution is 2.15. The lowest BCUT2D eigenvalue weighted by molar-refractivity contribution is -0.140. The van der Waals surface area contributed by atoms with Crippen molar-refractivity contribution >= 4 is 17.5 Å². The Bertz CT molecular complexity index is 820. The van der Waals surface area contributed by atoms with Crippen LogP contribution in [0.25, 0.3) is 0 Å². The normalized spacial score (nSPS) is 11.3. The molecular formula is C23H30FN3O3. The molecule has 2 aromatic carbocycles. The van der Waals surface area contributed by atoms with Crippen molar-refractivity contribution in [3.8, 4) is 5.75 Å². The van der Waals surface area contributed by atoms with Gasteiger partial charge in [0.25, 0.3) is 0 Å². The number of ether oxygens (including phenoxy) is 1. The summed E-state index contributed by atoms with van der Waals surface area (Å²) in [4.78, 5) is 28.7. The zero-order valence-electron chi connectivity index (χ0n) is 18.0. The first kappa shape index (κ1) is 23.3. The summed E-state index contributed by atoms with van der Waals surface area (Å²) in [5.41, 5.74) is -0.0450. The molecule has 0 bridgehead atoms. The molecule has 0 aliphatic heterocycles. The molecule has 0 unspecified atom stereocenters. The van der Waals surface area contributed by atoms with Gasteiger partial charge in [0.1, 0.15) is 24.7 Å². The van der Waals surface area contributed by atoms with Crippen molar-refractivity contribution in [3.05, 3.63) is 60.4 Å². The minimum atomic E-state index is -0.529.